The summed E-state index contributed by atoms with van der Waals surface area (Å²) in [5, 5.41) is 25.2. The Labute approximate surface area is 243 Å². The molecule has 0 spiro atoms. The number of hydrogen-bond acceptors (Lipinski definition) is 9. The molecule has 0 radical (unpaired) electrons. The second-order valence-corrected chi connectivity index (χ2v) is 10.7. The Morgan fingerprint density at radius 2 is 1.86 bits per heavy atom. The number of aromatic nitrogens is 1. The summed E-state index contributed by atoms with van der Waals surface area (Å²) in [6, 6.07) is 15.6. The van der Waals surface area contributed by atoms with E-state index in [0.717, 1.165) is 16.9 Å². The van der Waals surface area contributed by atoms with Crippen LogP contribution in [-0.4, -0.2) is 61.1 Å². The number of ether oxygens (including phenoxy) is 2. The molecule has 2 aromatic carbocycles. The molecule has 1 aliphatic heterocycles. The number of benzene rings is 2. The van der Waals surface area contributed by atoms with Crippen molar-refractivity contribution in [1.29, 1.82) is 10.8 Å². The molecule has 2 heterocycles. The number of nitrogens with one attached hydrogen (secondary N) is 5. The van der Waals surface area contributed by atoms with Crippen molar-refractivity contribution in [2.24, 2.45) is 4.99 Å². The molecule has 1 atom stereocenters. The number of thiazole rings is 1. The first kappa shape index (κ1) is 29.2. The summed E-state index contributed by atoms with van der Waals surface area (Å²) in [5.41, 5.74) is 0.208. The van der Waals surface area contributed by atoms with Gasteiger partial charge < -0.3 is 25.4 Å². The van der Waals surface area contributed by atoms with Crippen molar-refractivity contribution in [3.05, 3.63) is 76.4 Å². The van der Waals surface area contributed by atoms with E-state index in [0.29, 0.717) is 23.4 Å². The minimum absolute atomic E-state index is 0.0898. The number of amides is 1. The van der Waals surface area contributed by atoms with Crippen molar-refractivity contribution in [2.45, 2.75) is 37.0 Å². The highest BCUT2D eigenvalue weighted by Gasteiger charge is 2.61. The fourth-order valence-electron chi connectivity index (χ4n) is 4.70. The topological polar surface area (TPSA) is 145 Å². The highest BCUT2D eigenvalue weighted by atomic mass is 32.1. The van der Waals surface area contributed by atoms with E-state index in [2.05, 4.69) is 25.9 Å². The number of halogens is 3. The Balaban J connectivity index is 1.38. The summed E-state index contributed by atoms with van der Waals surface area (Å²) in [6.07, 6.45) is -5.56. The third-order valence-corrected chi connectivity index (χ3v) is 8.28. The summed E-state index contributed by atoms with van der Waals surface area (Å²) >= 11 is 0.809. The van der Waals surface area contributed by atoms with Gasteiger partial charge in [0.1, 0.15) is 15.4 Å². The standard InChI is InChI=1S/C28H28F3N7O3S/c1-40-15-14-34-24-20(37-25(42-24)27(12-7-13-27)28(29,30)31)21(32)41-26(33)38-22-23(39)35-18-11-6-5-10-17(18)19(36-22)16-8-3-2-4-9-16/h2-6,8-11,22,32,34H,7,12-15H2,1H3,(H2,33,38)(H,35,39)/t22-/m1/s1. The van der Waals surface area contributed by atoms with Gasteiger partial charge in [0.05, 0.1) is 18.0 Å². The molecule has 220 valence electrons. The Morgan fingerprint density at radius 3 is 2.52 bits per heavy atom. The molecule has 1 fully saturated rings. The summed E-state index contributed by atoms with van der Waals surface area (Å²) in [6.45, 7) is 0.524. The number of para-hydroxylation sites is 1. The van der Waals surface area contributed by atoms with Crippen LogP contribution in [0, 0.1) is 10.8 Å². The van der Waals surface area contributed by atoms with Crippen LogP contribution in [0.15, 0.2) is 59.6 Å². The zero-order chi connectivity index (χ0) is 29.9. The van der Waals surface area contributed by atoms with Crippen LogP contribution < -0.4 is 16.0 Å². The van der Waals surface area contributed by atoms with E-state index in [-0.39, 0.29) is 41.7 Å². The molecular formula is C28H28F3N7O3S. The first-order valence-corrected chi connectivity index (χ1v) is 13.9. The molecule has 5 N–H and O–H groups in total. The van der Waals surface area contributed by atoms with Crippen molar-refractivity contribution in [3.8, 4) is 0 Å². The van der Waals surface area contributed by atoms with Crippen molar-refractivity contribution in [2.75, 3.05) is 30.9 Å². The van der Waals surface area contributed by atoms with Gasteiger partial charge in [0.2, 0.25) is 12.1 Å². The number of aliphatic imine (C=N–C) groups is 1. The fraction of sp³-hybridized carbons (Fsp3) is 0.321. The van der Waals surface area contributed by atoms with Gasteiger partial charge in [-0.2, -0.15) is 13.2 Å². The first-order chi connectivity index (χ1) is 20.1. The van der Waals surface area contributed by atoms with E-state index in [1.165, 1.54) is 7.11 Å². The van der Waals surface area contributed by atoms with E-state index in [9.17, 15) is 18.0 Å². The molecule has 1 saturated carbocycles. The summed E-state index contributed by atoms with van der Waals surface area (Å²) in [4.78, 5) is 21.8. The van der Waals surface area contributed by atoms with Crippen LogP contribution in [-0.2, 0) is 19.7 Å². The smallest absolute Gasteiger partial charge is 0.400 e. The number of hydrogen-bond donors (Lipinski definition) is 5. The average molecular weight is 600 g/mol. The van der Waals surface area contributed by atoms with Crippen molar-refractivity contribution < 1.29 is 27.4 Å². The van der Waals surface area contributed by atoms with Crippen molar-refractivity contribution in [1.82, 2.24) is 10.3 Å². The van der Waals surface area contributed by atoms with Crippen LogP contribution >= 0.6 is 11.3 Å². The van der Waals surface area contributed by atoms with Gasteiger partial charge in [-0.15, -0.1) is 0 Å². The third kappa shape index (κ3) is 5.72. The monoisotopic (exact) mass is 599 g/mol. The fourth-order valence-corrected chi connectivity index (χ4v) is 5.95. The largest absolute Gasteiger partial charge is 0.405 e. The first-order valence-electron chi connectivity index (χ1n) is 13.1. The average Bonchev–Trinajstić information content (AvgIpc) is 3.28. The highest BCUT2D eigenvalue weighted by Crippen LogP contribution is 2.56. The Hall–Kier alpha value is -4.30. The van der Waals surface area contributed by atoms with Crippen molar-refractivity contribution in [3.63, 3.8) is 0 Å². The predicted octanol–water partition coefficient (Wildman–Crippen LogP) is 4.87. The lowest BCUT2D eigenvalue weighted by Crippen LogP contribution is -2.48. The Bertz CT molecular complexity index is 1520. The SMILES string of the molecule is COCCNc1sc(C2(C(F)(F)F)CCC2)nc1C(=N)OC(=N)N[C@H]1N=C(c2ccccc2)c2ccccc2NC1=O. The van der Waals surface area contributed by atoms with Gasteiger partial charge in [0, 0.05) is 24.8 Å². The summed E-state index contributed by atoms with van der Waals surface area (Å²) in [5.74, 6) is -1.22. The van der Waals surface area contributed by atoms with Crippen LogP contribution in [0.2, 0.25) is 0 Å². The molecule has 5 rings (SSSR count). The molecule has 0 saturated heterocycles. The number of fused-ring (bicyclic) bond motifs is 1. The van der Waals surface area contributed by atoms with Gasteiger partial charge in [-0.25, -0.2) is 9.98 Å². The van der Waals surface area contributed by atoms with Crippen LogP contribution in [0.5, 0.6) is 0 Å². The number of alkyl halides is 3. The normalized spacial score (nSPS) is 17.6. The molecule has 42 heavy (non-hydrogen) atoms. The van der Waals surface area contributed by atoms with E-state index < -0.39 is 35.6 Å². The minimum atomic E-state index is -4.50. The molecule has 1 aliphatic carbocycles. The number of carbonyl (C=O) groups is 1. The maximum absolute atomic E-state index is 14.0. The molecular weight excluding hydrogens is 571 g/mol. The number of rotatable bonds is 8. The highest BCUT2D eigenvalue weighted by molar-refractivity contribution is 7.16. The minimum Gasteiger partial charge on any atom is -0.405 e. The second kappa shape index (κ2) is 11.9. The summed E-state index contributed by atoms with van der Waals surface area (Å²) in [7, 11) is 1.49. The van der Waals surface area contributed by atoms with Gasteiger partial charge in [-0.3, -0.25) is 15.6 Å². The van der Waals surface area contributed by atoms with Crippen LogP contribution in [0.25, 0.3) is 0 Å². The van der Waals surface area contributed by atoms with Gasteiger partial charge in [-0.05, 0) is 18.9 Å². The van der Waals surface area contributed by atoms with Gasteiger partial charge in [0.25, 0.3) is 11.9 Å². The number of amidine groups is 1. The number of methoxy groups -OCH3 is 1. The molecule has 1 aromatic heterocycles. The van der Waals surface area contributed by atoms with Crippen molar-refractivity contribution >= 4 is 45.6 Å². The lowest BCUT2D eigenvalue weighted by Gasteiger charge is -2.41. The van der Waals surface area contributed by atoms with E-state index in [4.69, 9.17) is 20.3 Å². The molecule has 1 amide bonds. The third-order valence-electron chi connectivity index (χ3n) is 7.06. The Kier molecular flexibility index (Phi) is 8.27. The maximum Gasteiger partial charge on any atom is 0.400 e. The zero-order valence-electron chi connectivity index (χ0n) is 22.5. The number of nitrogens with zero attached hydrogens (tertiary/aromatic N) is 2. The number of carbonyl (C=O) groups excluding carboxylic acids is 1. The van der Waals surface area contributed by atoms with Crippen LogP contribution in [0.4, 0.5) is 23.9 Å². The molecule has 3 aromatic rings. The van der Waals surface area contributed by atoms with Gasteiger partial charge in [0.15, 0.2) is 5.69 Å². The molecule has 2 aliphatic rings. The van der Waals surface area contributed by atoms with Gasteiger partial charge >= 0.3 is 6.18 Å². The number of anilines is 2. The summed E-state index contributed by atoms with van der Waals surface area (Å²) < 4.78 is 52.5. The Morgan fingerprint density at radius 1 is 1.14 bits per heavy atom. The molecule has 0 bridgehead atoms. The maximum atomic E-state index is 14.0. The van der Waals surface area contributed by atoms with Crippen LogP contribution in [0.3, 0.4) is 0 Å². The van der Waals surface area contributed by atoms with Crippen LogP contribution in [0.1, 0.15) is 41.1 Å². The van der Waals surface area contributed by atoms with Gasteiger partial charge in [-0.1, -0.05) is 66.3 Å². The van der Waals surface area contributed by atoms with E-state index in [1.807, 2.05) is 42.5 Å². The molecule has 14 heteroatoms. The number of benzodiazepines with no additional fused rings is 1. The molecule has 0 unspecified atom stereocenters. The zero-order valence-corrected chi connectivity index (χ0v) is 23.3. The predicted molar refractivity (Wildman–Crippen MR) is 154 cm³/mol. The lowest BCUT2D eigenvalue weighted by molar-refractivity contribution is -0.212. The second-order valence-electron chi connectivity index (χ2n) is 9.74. The quantitative estimate of drug-likeness (QED) is 0.142. The van der Waals surface area contributed by atoms with E-state index >= 15 is 0 Å². The lowest BCUT2D eigenvalue weighted by atomic mass is 9.68. The molecule has 10 nitrogen and oxygen atoms in total. The van der Waals surface area contributed by atoms with E-state index in [1.54, 1.807) is 12.1 Å².